The minimum absolute atomic E-state index is 0.102. The predicted molar refractivity (Wildman–Crippen MR) is 53.4 cm³/mol. The lowest BCUT2D eigenvalue weighted by atomic mass is 10.2. The van der Waals surface area contributed by atoms with Crippen LogP contribution in [0.5, 0.6) is 0 Å². The highest BCUT2D eigenvalue weighted by atomic mass is 16.6. The molecule has 0 saturated carbocycles. The molecule has 0 bridgehead atoms. The predicted octanol–water partition coefficient (Wildman–Crippen LogP) is 0.872. The number of aromatic nitrogens is 1. The third-order valence-electron chi connectivity index (χ3n) is 2.32. The van der Waals surface area contributed by atoms with E-state index in [4.69, 9.17) is 13.9 Å². The topological polar surface area (TPSA) is 56.5 Å². The molecule has 1 N–H and O–H groups in total. The third kappa shape index (κ3) is 2.56. The summed E-state index contributed by atoms with van der Waals surface area (Å²) in [5, 5.41) is 3.21. The maximum Gasteiger partial charge on any atom is 0.181 e. The molecule has 1 saturated heterocycles. The first-order valence-corrected chi connectivity index (χ1v) is 5.24. The fraction of sp³-hybridized carbons (Fsp3) is 0.700. The Morgan fingerprint density at radius 3 is 3.20 bits per heavy atom. The van der Waals surface area contributed by atoms with Gasteiger partial charge in [0.15, 0.2) is 12.2 Å². The van der Waals surface area contributed by atoms with Crippen molar-refractivity contribution in [1.29, 1.82) is 0 Å². The summed E-state index contributed by atoms with van der Waals surface area (Å²) in [6.45, 7) is 5.50. The Bertz CT molecular complexity index is 295. The van der Waals surface area contributed by atoms with Crippen molar-refractivity contribution >= 4 is 0 Å². The average molecular weight is 212 g/mol. The average Bonchev–Trinajstić information content (AvgIpc) is 2.75. The summed E-state index contributed by atoms with van der Waals surface area (Å²) in [7, 11) is 0. The van der Waals surface area contributed by atoms with Crippen LogP contribution in [0.25, 0.3) is 0 Å². The number of nitrogens with zero attached hydrogens (tertiary/aromatic N) is 1. The molecule has 0 aliphatic carbocycles. The van der Waals surface area contributed by atoms with Gasteiger partial charge in [0.05, 0.1) is 25.5 Å². The van der Waals surface area contributed by atoms with E-state index in [1.54, 1.807) is 0 Å². The zero-order chi connectivity index (χ0) is 10.5. The molecular weight excluding hydrogens is 196 g/mol. The summed E-state index contributed by atoms with van der Waals surface area (Å²) in [4.78, 5) is 4.16. The Morgan fingerprint density at radius 1 is 1.53 bits per heavy atom. The first-order valence-electron chi connectivity index (χ1n) is 5.24. The number of hydrogen-bond donors (Lipinski definition) is 1. The maximum absolute atomic E-state index is 5.56. The van der Waals surface area contributed by atoms with Crippen LogP contribution in [-0.2, 0) is 16.0 Å². The third-order valence-corrected chi connectivity index (χ3v) is 2.32. The number of nitrogens with one attached hydrogen (secondary N) is 1. The van der Waals surface area contributed by atoms with E-state index in [2.05, 4.69) is 17.2 Å². The molecule has 1 aliphatic rings. The van der Waals surface area contributed by atoms with Crippen molar-refractivity contribution in [2.24, 2.45) is 0 Å². The van der Waals surface area contributed by atoms with Crippen LogP contribution < -0.4 is 5.32 Å². The molecule has 0 spiro atoms. The molecule has 1 fully saturated rings. The molecule has 5 nitrogen and oxygen atoms in total. The van der Waals surface area contributed by atoms with E-state index in [0.29, 0.717) is 26.4 Å². The van der Waals surface area contributed by atoms with Crippen molar-refractivity contribution in [1.82, 2.24) is 10.3 Å². The second-order valence-corrected chi connectivity index (χ2v) is 3.38. The second-order valence-electron chi connectivity index (χ2n) is 3.38. The molecular formula is C10H16N2O3. The molecule has 1 aromatic rings. The molecule has 5 heteroatoms. The van der Waals surface area contributed by atoms with Gasteiger partial charge in [0.25, 0.3) is 0 Å². The van der Waals surface area contributed by atoms with E-state index in [1.807, 2.05) is 0 Å². The Morgan fingerprint density at radius 2 is 2.47 bits per heavy atom. The molecule has 1 atom stereocenters. The Labute approximate surface area is 88.8 Å². The lowest BCUT2D eigenvalue weighted by Crippen LogP contribution is -2.23. The highest BCUT2D eigenvalue weighted by molar-refractivity contribution is 5.10. The first-order chi connectivity index (χ1) is 7.42. The number of hydrogen-bond acceptors (Lipinski definition) is 5. The van der Waals surface area contributed by atoms with Crippen LogP contribution in [0.4, 0.5) is 0 Å². The zero-order valence-electron chi connectivity index (χ0n) is 8.86. The first kappa shape index (κ1) is 10.6. The van der Waals surface area contributed by atoms with Crippen molar-refractivity contribution < 1.29 is 13.9 Å². The van der Waals surface area contributed by atoms with Crippen molar-refractivity contribution in [3.05, 3.63) is 17.8 Å². The monoisotopic (exact) mass is 212 g/mol. The van der Waals surface area contributed by atoms with Gasteiger partial charge < -0.3 is 19.2 Å². The van der Waals surface area contributed by atoms with Crippen molar-refractivity contribution in [3.8, 4) is 0 Å². The summed E-state index contributed by atoms with van der Waals surface area (Å²) in [6, 6.07) is 0. The summed E-state index contributed by atoms with van der Waals surface area (Å²) in [5.41, 5.74) is 0.910. The minimum atomic E-state index is -0.102. The van der Waals surface area contributed by atoms with E-state index >= 15 is 0 Å². The fourth-order valence-electron chi connectivity index (χ4n) is 1.56. The van der Waals surface area contributed by atoms with E-state index < -0.39 is 0 Å². The van der Waals surface area contributed by atoms with Gasteiger partial charge in [-0.15, -0.1) is 0 Å². The quantitative estimate of drug-likeness (QED) is 0.802. The highest BCUT2D eigenvalue weighted by Crippen LogP contribution is 2.23. The second kappa shape index (κ2) is 5.25. The molecule has 1 aliphatic heterocycles. The normalized spacial score (nSPS) is 21.8. The Kier molecular flexibility index (Phi) is 3.71. The van der Waals surface area contributed by atoms with Crippen LogP contribution in [0.2, 0.25) is 0 Å². The van der Waals surface area contributed by atoms with Gasteiger partial charge in [-0.25, -0.2) is 4.98 Å². The van der Waals surface area contributed by atoms with Gasteiger partial charge in [-0.1, -0.05) is 6.92 Å². The van der Waals surface area contributed by atoms with Gasteiger partial charge in [0, 0.05) is 6.54 Å². The molecule has 0 radical (unpaired) electrons. The molecule has 2 rings (SSSR count). The molecule has 15 heavy (non-hydrogen) atoms. The van der Waals surface area contributed by atoms with Gasteiger partial charge in [0.1, 0.15) is 6.10 Å². The summed E-state index contributed by atoms with van der Waals surface area (Å²) < 4.78 is 16.2. The molecule has 84 valence electrons. The molecule has 1 unspecified atom stereocenters. The minimum Gasteiger partial charge on any atom is -0.445 e. The van der Waals surface area contributed by atoms with Crippen LogP contribution in [0.15, 0.2) is 10.8 Å². The van der Waals surface area contributed by atoms with Crippen LogP contribution in [0, 0.1) is 0 Å². The van der Waals surface area contributed by atoms with E-state index in [-0.39, 0.29) is 6.10 Å². The summed E-state index contributed by atoms with van der Waals surface area (Å²) >= 11 is 0. The van der Waals surface area contributed by atoms with E-state index in [1.165, 1.54) is 6.39 Å². The smallest absolute Gasteiger partial charge is 0.181 e. The lowest BCUT2D eigenvalue weighted by Gasteiger charge is -2.21. The number of rotatable bonds is 4. The van der Waals surface area contributed by atoms with Crippen LogP contribution in [-0.4, -0.2) is 31.3 Å². The van der Waals surface area contributed by atoms with Gasteiger partial charge in [-0.05, 0) is 6.54 Å². The lowest BCUT2D eigenvalue weighted by molar-refractivity contribution is -0.0980. The van der Waals surface area contributed by atoms with Gasteiger partial charge in [0.2, 0.25) is 0 Å². The molecule has 0 aromatic carbocycles. The van der Waals surface area contributed by atoms with Gasteiger partial charge in [-0.2, -0.15) is 0 Å². The largest absolute Gasteiger partial charge is 0.445 e. The SMILES string of the molecule is CCNCc1ncoc1C1COCCO1. The number of ether oxygens (including phenoxy) is 2. The van der Waals surface area contributed by atoms with Crippen molar-refractivity contribution in [2.75, 3.05) is 26.4 Å². The maximum atomic E-state index is 5.56. The number of oxazole rings is 1. The van der Waals surface area contributed by atoms with Crippen LogP contribution >= 0.6 is 0 Å². The van der Waals surface area contributed by atoms with Crippen molar-refractivity contribution in [2.45, 2.75) is 19.6 Å². The van der Waals surface area contributed by atoms with Crippen LogP contribution in [0.3, 0.4) is 0 Å². The Balaban J connectivity index is 2.02. The van der Waals surface area contributed by atoms with E-state index in [0.717, 1.165) is 18.0 Å². The summed E-state index contributed by atoms with van der Waals surface area (Å²) in [6.07, 6.45) is 1.36. The van der Waals surface area contributed by atoms with E-state index in [9.17, 15) is 0 Å². The van der Waals surface area contributed by atoms with Gasteiger partial charge in [-0.3, -0.25) is 0 Å². The molecule has 0 amide bonds. The zero-order valence-corrected chi connectivity index (χ0v) is 8.86. The fourth-order valence-corrected chi connectivity index (χ4v) is 1.56. The Hall–Kier alpha value is -0.910. The molecule has 2 heterocycles. The van der Waals surface area contributed by atoms with Crippen LogP contribution in [0.1, 0.15) is 24.5 Å². The molecule has 1 aromatic heterocycles. The van der Waals surface area contributed by atoms with Gasteiger partial charge >= 0.3 is 0 Å². The highest BCUT2D eigenvalue weighted by Gasteiger charge is 2.23. The standard InChI is InChI=1S/C10H16N2O3/c1-2-11-5-8-10(15-7-12-8)9-6-13-3-4-14-9/h7,9,11H,2-6H2,1H3. The summed E-state index contributed by atoms with van der Waals surface area (Å²) in [5.74, 6) is 0.788. The van der Waals surface area contributed by atoms with Crippen molar-refractivity contribution in [3.63, 3.8) is 0 Å².